The summed E-state index contributed by atoms with van der Waals surface area (Å²) in [6.45, 7) is 3.82. The highest BCUT2D eigenvalue weighted by Gasteiger charge is 2.60. The van der Waals surface area contributed by atoms with Gasteiger partial charge < -0.3 is 4.74 Å². The van der Waals surface area contributed by atoms with Gasteiger partial charge in [0.05, 0.1) is 6.10 Å². The van der Waals surface area contributed by atoms with Gasteiger partial charge in [-0.2, -0.15) is 0 Å². The lowest BCUT2D eigenvalue weighted by Crippen LogP contribution is -2.52. The molecule has 6 heteroatoms. The topological polar surface area (TPSA) is 75.1 Å². The number of benzene rings is 1. The van der Waals surface area contributed by atoms with Crippen molar-refractivity contribution in [3.8, 4) is 0 Å². The molecule has 4 aliphatic carbocycles. The Balaban J connectivity index is 1.43. The third-order valence-electron chi connectivity index (χ3n) is 9.82. The zero-order chi connectivity index (χ0) is 23.3. The molecule has 33 heavy (non-hydrogen) atoms. The molecule has 7 atom stereocenters. The number of alkyl halides is 1. The Labute approximate surface area is 195 Å². The maximum atomic E-state index is 14.5. The van der Waals surface area contributed by atoms with Gasteiger partial charge in [0, 0.05) is 11.3 Å². The van der Waals surface area contributed by atoms with E-state index in [2.05, 4.69) is 23.9 Å². The second-order valence-corrected chi connectivity index (χ2v) is 11.2. The van der Waals surface area contributed by atoms with Crippen molar-refractivity contribution < 1.29 is 13.9 Å². The number of fused-ring (bicyclic) bond motifs is 5. The van der Waals surface area contributed by atoms with Crippen molar-refractivity contribution in [3.05, 3.63) is 58.0 Å². The average molecular weight is 452 g/mol. The summed E-state index contributed by atoms with van der Waals surface area (Å²) in [5.41, 5.74) is 9.65. The molecule has 0 N–H and O–H groups in total. The Kier molecular flexibility index (Phi) is 5.65. The molecule has 0 radical (unpaired) electrons. The minimum atomic E-state index is -1.62. The lowest BCUT2D eigenvalue weighted by Gasteiger charge is -2.58. The van der Waals surface area contributed by atoms with Gasteiger partial charge in [0.15, 0.2) is 5.78 Å². The van der Waals surface area contributed by atoms with Crippen molar-refractivity contribution in [1.82, 2.24) is 0 Å². The Morgan fingerprint density at radius 3 is 2.64 bits per heavy atom. The Bertz CT molecular complexity index is 1010. The zero-order valence-electron chi connectivity index (χ0n) is 19.7. The molecule has 4 aliphatic rings. The summed E-state index contributed by atoms with van der Waals surface area (Å²) in [4.78, 5) is 15.0. The number of hydrogen-bond donors (Lipinski definition) is 0. The molecule has 1 aromatic rings. The predicted octanol–water partition coefficient (Wildman–Crippen LogP) is 7.04. The van der Waals surface area contributed by atoms with Gasteiger partial charge in [-0.15, -0.1) is 0 Å². The number of carbonyl (C=O) groups excluding carboxylic acids is 1. The number of allylic oxidation sites excluding steroid dienone is 1. The first-order valence-corrected chi connectivity index (χ1v) is 12.5. The number of ketones is 1. The van der Waals surface area contributed by atoms with Crippen molar-refractivity contribution in [3.63, 3.8) is 0 Å². The molecule has 3 fully saturated rings. The van der Waals surface area contributed by atoms with Crippen LogP contribution in [-0.2, 0) is 15.3 Å². The average Bonchev–Trinajstić information content (AvgIpc) is 3.15. The summed E-state index contributed by atoms with van der Waals surface area (Å²) in [6, 6.07) is 9.06. The Morgan fingerprint density at radius 2 is 1.91 bits per heavy atom. The van der Waals surface area contributed by atoms with Crippen LogP contribution in [0.1, 0.15) is 70.8 Å². The summed E-state index contributed by atoms with van der Waals surface area (Å²) in [5.74, 6) is 2.00. The summed E-state index contributed by atoms with van der Waals surface area (Å²) >= 11 is 0. The second-order valence-electron chi connectivity index (χ2n) is 11.2. The molecular weight excluding hydrogens is 417 g/mol. The van der Waals surface area contributed by atoms with Gasteiger partial charge in [-0.3, -0.25) is 4.79 Å². The SMILES string of the molecule is C[C@]12CC[C@H]3[C@@H](CCC4=CC(=O)CC[C@@]43C)[C@@H]1CC[C@@H]2OC(CF)(N=[N+]=[N-])c1ccccc1. The van der Waals surface area contributed by atoms with E-state index in [9.17, 15) is 14.7 Å². The highest BCUT2D eigenvalue weighted by atomic mass is 19.1. The van der Waals surface area contributed by atoms with Gasteiger partial charge in [-0.05, 0) is 90.7 Å². The molecule has 0 aliphatic heterocycles. The normalized spacial score (nSPS) is 39.4. The van der Waals surface area contributed by atoms with Crippen molar-refractivity contribution in [2.75, 3.05) is 6.67 Å². The molecule has 0 aromatic heterocycles. The predicted molar refractivity (Wildman–Crippen MR) is 125 cm³/mol. The molecule has 3 saturated carbocycles. The van der Waals surface area contributed by atoms with E-state index < -0.39 is 12.4 Å². The molecular formula is C27H34FN3O2. The van der Waals surface area contributed by atoms with Crippen molar-refractivity contribution in [2.45, 2.75) is 77.0 Å². The first kappa shape index (κ1) is 22.6. The van der Waals surface area contributed by atoms with Crippen LogP contribution in [0.5, 0.6) is 0 Å². The Morgan fingerprint density at radius 1 is 1.12 bits per heavy atom. The number of carbonyl (C=O) groups is 1. The van der Waals surface area contributed by atoms with Gasteiger partial charge in [-0.25, -0.2) is 4.39 Å². The van der Waals surface area contributed by atoms with Crippen LogP contribution in [0, 0.1) is 28.6 Å². The summed E-state index contributed by atoms with van der Waals surface area (Å²) in [5, 5.41) is 3.87. The minimum Gasteiger partial charge on any atom is -0.358 e. The summed E-state index contributed by atoms with van der Waals surface area (Å²) in [7, 11) is 0. The molecule has 5 nitrogen and oxygen atoms in total. The maximum absolute atomic E-state index is 14.5. The lowest BCUT2D eigenvalue weighted by atomic mass is 9.47. The van der Waals surface area contributed by atoms with Gasteiger partial charge in [0.1, 0.15) is 6.67 Å². The van der Waals surface area contributed by atoms with Crippen LogP contribution in [0.4, 0.5) is 4.39 Å². The van der Waals surface area contributed by atoms with E-state index in [1.165, 1.54) is 5.57 Å². The fourth-order valence-corrected chi connectivity index (χ4v) is 8.00. The number of ether oxygens (including phenoxy) is 1. The van der Waals surface area contributed by atoms with Crippen LogP contribution in [0.25, 0.3) is 10.4 Å². The van der Waals surface area contributed by atoms with Crippen LogP contribution in [0.15, 0.2) is 47.1 Å². The third kappa shape index (κ3) is 3.45. The van der Waals surface area contributed by atoms with Crippen LogP contribution < -0.4 is 0 Å². The quantitative estimate of drug-likeness (QED) is 0.274. The van der Waals surface area contributed by atoms with Gasteiger partial charge in [-0.1, -0.05) is 54.9 Å². The molecule has 0 amide bonds. The lowest BCUT2D eigenvalue weighted by molar-refractivity contribution is -0.165. The third-order valence-corrected chi connectivity index (χ3v) is 9.82. The molecule has 176 valence electrons. The monoisotopic (exact) mass is 451 g/mol. The Hall–Kier alpha value is -2.17. The molecule has 5 rings (SSSR count). The largest absolute Gasteiger partial charge is 0.358 e. The fraction of sp³-hybridized carbons (Fsp3) is 0.667. The van der Waals surface area contributed by atoms with E-state index in [4.69, 9.17) is 4.74 Å². The highest BCUT2D eigenvalue weighted by molar-refractivity contribution is 5.91. The molecule has 0 saturated heterocycles. The van der Waals surface area contributed by atoms with Gasteiger partial charge >= 0.3 is 0 Å². The zero-order valence-corrected chi connectivity index (χ0v) is 19.7. The van der Waals surface area contributed by atoms with E-state index in [0.717, 1.165) is 44.9 Å². The maximum Gasteiger partial charge on any atom is 0.200 e. The molecule has 0 bridgehead atoms. The second kappa shape index (κ2) is 8.25. The molecule has 0 heterocycles. The van der Waals surface area contributed by atoms with Crippen molar-refractivity contribution in [1.29, 1.82) is 0 Å². The first-order chi connectivity index (χ1) is 15.9. The van der Waals surface area contributed by atoms with Crippen LogP contribution >= 0.6 is 0 Å². The molecule has 1 unspecified atom stereocenters. The summed E-state index contributed by atoms with van der Waals surface area (Å²) in [6.07, 6.45) is 9.61. The first-order valence-electron chi connectivity index (χ1n) is 12.5. The standard InChI is InChI=1S/C27H34FN3O2/c1-25-14-12-20(32)16-19(25)8-9-21-22-10-11-24(26(22,2)15-13-23(21)25)33-27(17-28,30-31-29)18-6-4-3-5-7-18/h3-7,16,21-24H,8-15,17H2,1-2H3/t21-,22-,23-,24-,25-,26-,27?/m0/s1. The van der Waals surface area contributed by atoms with Crippen molar-refractivity contribution in [2.24, 2.45) is 33.7 Å². The van der Waals surface area contributed by atoms with E-state index in [-0.39, 0.29) is 22.7 Å². The minimum absolute atomic E-state index is 0.0661. The smallest absolute Gasteiger partial charge is 0.200 e. The van der Waals surface area contributed by atoms with E-state index in [1.54, 1.807) is 12.1 Å². The highest BCUT2D eigenvalue weighted by Crippen LogP contribution is 2.66. The van der Waals surface area contributed by atoms with Crippen molar-refractivity contribution >= 4 is 5.78 Å². The van der Waals surface area contributed by atoms with Gasteiger partial charge in [0.2, 0.25) is 5.72 Å². The van der Waals surface area contributed by atoms with Gasteiger partial charge in [0.25, 0.3) is 0 Å². The number of azide groups is 1. The molecule has 1 aromatic carbocycles. The number of hydrogen-bond acceptors (Lipinski definition) is 3. The number of halogens is 1. The van der Waals surface area contributed by atoms with E-state index >= 15 is 0 Å². The number of nitrogens with zero attached hydrogens (tertiary/aromatic N) is 3. The van der Waals surface area contributed by atoms with E-state index in [0.29, 0.717) is 29.7 Å². The van der Waals surface area contributed by atoms with E-state index in [1.807, 2.05) is 24.3 Å². The molecule has 0 spiro atoms. The summed E-state index contributed by atoms with van der Waals surface area (Å²) < 4.78 is 21.0. The number of rotatable bonds is 5. The fourth-order valence-electron chi connectivity index (χ4n) is 8.00. The van der Waals surface area contributed by atoms with Crippen LogP contribution in [0.3, 0.4) is 0 Å². The van der Waals surface area contributed by atoms with Crippen LogP contribution in [0.2, 0.25) is 0 Å². The van der Waals surface area contributed by atoms with Crippen LogP contribution in [-0.4, -0.2) is 18.6 Å².